The van der Waals surface area contributed by atoms with Gasteiger partial charge >= 0.3 is 11.7 Å². The zero-order valence-electron chi connectivity index (χ0n) is 10.3. The van der Waals surface area contributed by atoms with Gasteiger partial charge < -0.3 is 9.64 Å². The third-order valence-corrected chi connectivity index (χ3v) is 2.43. The quantitative estimate of drug-likeness (QED) is 0.432. The van der Waals surface area contributed by atoms with Crippen LogP contribution in [-0.4, -0.2) is 36.6 Å². The molecule has 0 N–H and O–H groups in total. The van der Waals surface area contributed by atoms with Crippen molar-refractivity contribution in [3.05, 3.63) is 28.4 Å². The number of nitro groups is 1. The van der Waals surface area contributed by atoms with E-state index in [1.807, 2.05) is 0 Å². The maximum atomic E-state index is 10.9. The van der Waals surface area contributed by atoms with Crippen molar-refractivity contribution >= 4 is 17.5 Å². The highest BCUT2D eigenvalue weighted by Gasteiger charge is 2.17. The van der Waals surface area contributed by atoms with E-state index in [1.54, 1.807) is 11.9 Å². The van der Waals surface area contributed by atoms with Crippen molar-refractivity contribution in [3.63, 3.8) is 0 Å². The molecule has 98 valence electrons. The fraction of sp³-hybridized carbons (Fsp3) is 0.455. The molecule has 0 aromatic carbocycles. The van der Waals surface area contributed by atoms with Gasteiger partial charge in [0.15, 0.2) is 0 Å². The van der Waals surface area contributed by atoms with Crippen LogP contribution in [0.3, 0.4) is 0 Å². The molecule has 0 spiro atoms. The normalized spacial score (nSPS) is 9.89. The van der Waals surface area contributed by atoms with E-state index in [2.05, 4.69) is 9.72 Å². The van der Waals surface area contributed by atoms with Crippen molar-refractivity contribution in [1.29, 1.82) is 0 Å². The standard InChI is InChI=1S/C11H15N3O4/c1-13(8-4-6-10(15)18-2)11-9(14(16)17)5-3-7-12-11/h3,5,7H,4,6,8H2,1-2H3. The van der Waals surface area contributed by atoms with Gasteiger partial charge in [-0.3, -0.25) is 14.9 Å². The van der Waals surface area contributed by atoms with Crippen LogP contribution >= 0.6 is 0 Å². The summed E-state index contributed by atoms with van der Waals surface area (Å²) in [5.74, 6) is 0.00582. The van der Waals surface area contributed by atoms with Crippen molar-refractivity contribution < 1.29 is 14.5 Å². The lowest BCUT2D eigenvalue weighted by atomic mass is 10.3. The van der Waals surface area contributed by atoms with Crippen LogP contribution in [0.4, 0.5) is 11.5 Å². The molecule has 1 rings (SSSR count). The molecule has 1 heterocycles. The van der Waals surface area contributed by atoms with Crippen LogP contribution in [-0.2, 0) is 9.53 Å². The zero-order valence-corrected chi connectivity index (χ0v) is 10.3. The second-order valence-electron chi connectivity index (χ2n) is 3.70. The Kier molecular flexibility index (Phi) is 5.04. The van der Waals surface area contributed by atoms with Gasteiger partial charge in [0.1, 0.15) is 0 Å². The second-order valence-corrected chi connectivity index (χ2v) is 3.70. The van der Waals surface area contributed by atoms with Gasteiger partial charge in [-0.15, -0.1) is 0 Å². The molecular formula is C11H15N3O4. The lowest BCUT2D eigenvalue weighted by molar-refractivity contribution is -0.384. The van der Waals surface area contributed by atoms with E-state index < -0.39 is 4.92 Å². The molecule has 7 nitrogen and oxygen atoms in total. The summed E-state index contributed by atoms with van der Waals surface area (Å²) in [6.07, 6.45) is 2.33. The van der Waals surface area contributed by atoms with E-state index in [4.69, 9.17) is 0 Å². The molecule has 7 heteroatoms. The fourth-order valence-corrected chi connectivity index (χ4v) is 1.49. The Hall–Kier alpha value is -2.18. The van der Waals surface area contributed by atoms with Gasteiger partial charge in [-0.25, -0.2) is 4.98 Å². The molecule has 0 unspecified atom stereocenters. The zero-order chi connectivity index (χ0) is 13.5. The first-order valence-electron chi connectivity index (χ1n) is 5.43. The molecule has 0 aliphatic rings. The third-order valence-electron chi connectivity index (χ3n) is 2.43. The first-order chi connectivity index (χ1) is 8.56. The van der Waals surface area contributed by atoms with Gasteiger partial charge in [-0.05, 0) is 12.5 Å². The first-order valence-corrected chi connectivity index (χ1v) is 5.43. The average molecular weight is 253 g/mol. The number of aromatic nitrogens is 1. The number of carbonyl (C=O) groups excluding carboxylic acids is 1. The number of hydrogen-bond acceptors (Lipinski definition) is 6. The molecule has 0 saturated carbocycles. The molecule has 1 aromatic rings. The van der Waals surface area contributed by atoms with E-state index >= 15 is 0 Å². The molecule has 0 radical (unpaired) electrons. The van der Waals surface area contributed by atoms with Crippen LogP contribution in [0.1, 0.15) is 12.8 Å². The maximum Gasteiger partial charge on any atom is 0.311 e. The molecule has 0 saturated heterocycles. The average Bonchev–Trinajstić information content (AvgIpc) is 2.38. The molecule has 0 aliphatic heterocycles. The Morgan fingerprint density at radius 1 is 1.61 bits per heavy atom. The minimum atomic E-state index is -0.473. The number of methoxy groups -OCH3 is 1. The van der Waals surface area contributed by atoms with Crippen molar-refractivity contribution in [3.8, 4) is 0 Å². The summed E-state index contributed by atoms with van der Waals surface area (Å²) in [7, 11) is 3.03. The summed E-state index contributed by atoms with van der Waals surface area (Å²) in [4.78, 5) is 26.9. The van der Waals surface area contributed by atoms with Crippen LogP contribution < -0.4 is 4.90 Å². The highest BCUT2D eigenvalue weighted by molar-refractivity contribution is 5.69. The summed E-state index contributed by atoms with van der Waals surface area (Å²) in [5.41, 5.74) is -0.0435. The van der Waals surface area contributed by atoms with Crippen LogP contribution in [0.5, 0.6) is 0 Å². The van der Waals surface area contributed by atoms with Crippen LogP contribution in [0.25, 0.3) is 0 Å². The molecule has 0 amide bonds. The van der Waals surface area contributed by atoms with Gasteiger partial charge in [0.2, 0.25) is 5.82 Å². The monoisotopic (exact) mass is 253 g/mol. The van der Waals surface area contributed by atoms with E-state index in [0.717, 1.165) is 0 Å². The van der Waals surface area contributed by atoms with Crippen LogP contribution in [0.15, 0.2) is 18.3 Å². The van der Waals surface area contributed by atoms with Crippen molar-refractivity contribution in [2.45, 2.75) is 12.8 Å². The predicted octanol–water partition coefficient (Wildman–Crippen LogP) is 1.38. The second kappa shape index (κ2) is 6.53. The minimum absolute atomic E-state index is 0.0435. The first kappa shape index (κ1) is 13.9. The molecule has 0 bridgehead atoms. The van der Waals surface area contributed by atoms with Crippen LogP contribution in [0, 0.1) is 10.1 Å². The fourth-order valence-electron chi connectivity index (χ4n) is 1.49. The highest BCUT2D eigenvalue weighted by Crippen LogP contribution is 2.23. The number of anilines is 1. The lowest BCUT2D eigenvalue weighted by Crippen LogP contribution is -2.21. The maximum absolute atomic E-state index is 10.9. The highest BCUT2D eigenvalue weighted by atomic mass is 16.6. The molecule has 0 fully saturated rings. The van der Waals surface area contributed by atoms with Gasteiger partial charge in [-0.1, -0.05) is 0 Å². The largest absolute Gasteiger partial charge is 0.469 e. The summed E-state index contributed by atoms with van der Waals surface area (Å²) < 4.78 is 4.52. The Labute approximate surface area is 105 Å². The number of nitrogens with zero attached hydrogens (tertiary/aromatic N) is 3. The third kappa shape index (κ3) is 3.69. The lowest BCUT2D eigenvalue weighted by Gasteiger charge is -2.17. The van der Waals surface area contributed by atoms with Crippen LogP contribution in [0.2, 0.25) is 0 Å². The molecule has 18 heavy (non-hydrogen) atoms. The Morgan fingerprint density at radius 2 is 2.33 bits per heavy atom. The number of carbonyl (C=O) groups is 1. The number of esters is 1. The van der Waals surface area contributed by atoms with E-state index in [1.165, 1.54) is 25.4 Å². The molecule has 0 atom stereocenters. The number of rotatable bonds is 6. The summed E-state index contributed by atoms with van der Waals surface area (Å²) >= 11 is 0. The predicted molar refractivity (Wildman–Crippen MR) is 65.4 cm³/mol. The van der Waals surface area contributed by atoms with Gasteiger partial charge in [0, 0.05) is 32.3 Å². The van der Waals surface area contributed by atoms with Gasteiger partial charge in [0.05, 0.1) is 12.0 Å². The minimum Gasteiger partial charge on any atom is -0.469 e. The SMILES string of the molecule is COC(=O)CCCN(C)c1ncccc1[N+](=O)[O-]. The van der Waals surface area contributed by atoms with E-state index in [9.17, 15) is 14.9 Å². The van der Waals surface area contributed by atoms with E-state index in [-0.39, 0.29) is 18.1 Å². The summed E-state index contributed by atoms with van der Waals surface area (Å²) in [6, 6.07) is 2.92. The van der Waals surface area contributed by atoms with Crippen molar-refractivity contribution in [2.24, 2.45) is 0 Å². The van der Waals surface area contributed by atoms with Crippen molar-refractivity contribution in [2.75, 3.05) is 25.6 Å². The molecule has 0 aliphatic carbocycles. The topological polar surface area (TPSA) is 85.6 Å². The summed E-state index contributed by atoms with van der Waals surface area (Å²) in [6.45, 7) is 0.493. The van der Waals surface area contributed by atoms with E-state index in [0.29, 0.717) is 18.8 Å². The number of hydrogen-bond donors (Lipinski definition) is 0. The number of ether oxygens (including phenoxy) is 1. The van der Waals surface area contributed by atoms with Gasteiger partial charge in [-0.2, -0.15) is 0 Å². The Morgan fingerprint density at radius 3 is 2.94 bits per heavy atom. The number of pyridine rings is 1. The Balaban J connectivity index is 2.64. The van der Waals surface area contributed by atoms with Gasteiger partial charge in [0.25, 0.3) is 0 Å². The molecular weight excluding hydrogens is 238 g/mol. The summed E-state index contributed by atoms with van der Waals surface area (Å²) in [5, 5.41) is 10.8. The van der Waals surface area contributed by atoms with Crippen molar-refractivity contribution in [1.82, 2.24) is 4.98 Å². The smallest absolute Gasteiger partial charge is 0.311 e. The Bertz CT molecular complexity index is 436. The molecule has 1 aromatic heterocycles.